The van der Waals surface area contributed by atoms with Gasteiger partial charge in [-0.2, -0.15) is 0 Å². The number of rotatable bonds is 1. The maximum absolute atomic E-state index is 11.4. The van der Waals surface area contributed by atoms with Crippen molar-refractivity contribution in [3.05, 3.63) is 34.9 Å². The number of fused-ring (bicyclic) bond motifs is 1. The van der Waals surface area contributed by atoms with Crippen molar-refractivity contribution >= 4 is 6.08 Å². The van der Waals surface area contributed by atoms with Crippen LogP contribution >= 0.6 is 0 Å². The third-order valence-corrected chi connectivity index (χ3v) is 9.14. The molecule has 4 heteroatoms. The number of benzene rings is 1. The monoisotopic (exact) mass is 398 g/mol. The fourth-order valence-corrected chi connectivity index (χ4v) is 7.03. The molecule has 29 heavy (non-hydrogen) atoms. The van der Waals surface area contributed by atoms with Crippen LogP contribution in [0, 0.1) is 30.1 Å². The van der Waals surface area contributed by atoms with Crippen LogP contribution in [0.3, 0.4) is 0 Å². The molecule has 4 nitrogen and oxygen atoms in total. The van der Waals surface area contributed by atoms with Crippen molar-refractivity contribution in [1.29, 1.82) is 0 Å². The minimum absolute atomic E-state index is 0.00122. The van der Waals surface area contributed by atoms with Crippen LogP contribution in [0.2, 0.25) is 0 Å². The molecule has 1 aromatic carbocycles. The van der Waals surface area contributed by atoms with Crippen LogP contribution < -0.4 is 4.74 Å². The molecule has 1 N–H and O–H groups in total. The quantitative estimate of drug-likeness (QED) is 0.737. The second-order valence-corrected chi connectivity index (χ2v) is 10.5. The Morgan fingerprint density at radius 3 is 2.45 bits per heavy atom. The molecule has 5 rings (SSSR count). The van der Waals surface area contributed by atoms with Crippen LogP contribution in [0.5, 0.6) is 5.75 Å². The first-order valence-electron chi connectivity index (χ1n) is 11.0. The molecule has 158 valence electrons. The molecule has 7 atom stereocenters. The number of aliphatic hydroxyl groups is 1. The van der Waals surface area contributed by atoms with E-state index in [9.17, 15) is 5.11 Å². The largest absolute Gasteiger partial charge is 0.496 e. The Labute approximate surface area is 174 Å². The molecule has 0 aromatic heterocycles. The SMILES string of the molecule is COc1ccc2c(c1C)C=C[C@]1(C)[C@@H]3CC[C@]21O[C@@]1(OC(C)(C)[C@@H](C)[C@@H]1O)[C@H]3C. The van der Waals surface area contributed by atoms with Crippen LogP contribution in [-0.2, 0) is 15.1 Å². The first-order valence-corrected chi connectivity index (χ1v) is 11.0. The molecular formula is C25H34O4. The third kappa shape index (κ3) is 2.06. The van der Waals surface area contributed by atoms with E-state index in [0.717, 1.165) is 24.2 Å². The summed E-state index contributed by atoms with van der Waals surface area (Å²) in [5.74, 6) is 0.418. The van der Waals surface area contributed by atoms with Crippen molar-refractivity contribution in [1.82, 2.24) is 0 Å². The van der Waals surface area contributed by atoms with Crippen LogP contribution in [-0.4, -0.2) is 29.7 Å². The normalized spacial score (nSPS) is 46.6. The highest BCUT2D eigenvalue weighted by Gasteiger charge is 2.74. The highest BCUT2D eigenvalue weighted by atomic mass is 16.7. The standard InChI is InChI=1S/C25H34O4/c1-14-17-10-12-23(6)18-11-13-24(23,19(17)8-9-20(14)27-7)29-25(15(18)2)21(26)16(3)22(4,5)28-25/h8-10,12,15-16,18,21,26H,11,13H2,1-7H3/t15-,16-,18+,21-,23+,24-,25-/m0/s1. The molecule has 1 spiro atoms. The molecule has 2 bridgehead atoms. The molecule has 2 aliphatic heterocycles. The fraction of sp³-hybridized carbons (Fsp3) is 0.680. The third-order valence-electron chi connectivity index (χ3n) is 9.14. The average Bonchev–Trinajstić information content (AvgIpc) is 3.00. The average molecular weight is 399 g/mol. The van der Waals surface area contributed by atoms with Gasteiger partial charge >= 0.3 is 0 Å². The van der Waals surface area contributed by atoms with E-state index in [0.29, 0.717) is 5.92 Å². The summed E-state index contributed by atoms with van der Waals surface area (Å²) in [7, 11) is 1.72. The molecular weight excluding hydrogens is 364 g/mol. The molecule has 2 aliphatic carbocycles. The summed E-state index contributed by atoms with van der Waals surface area (Å²) in [6.07, 6.45) is 5.98. The summed E-state index contributed by atoms with van der Waals surface area (Å²) in [6.45, 7) is 12.9. The first kappa shape index (κ1) is 19.6. The zero-order chi connectivity index (χ0) is 21.0. The maximum Gasteiger partial charge on any atom is 0.199 e. The van der Waals surface area contributed by atoms with Gasteiger partial charge in [-0.15, -0.1) is 0 Å². The van der Waals surface area contributed by atoms with E-state index < -0.39 is 23.1 Å². The first-order chi connectivity index (χ1) is 13.5. The van der Waals surface area contributed by atoms with Gasteiger partial charge in [0.15, 0.2) is 5.79 Å². The van der Waals surface area contributed by atoms with Gasteiger partial charge in [0.1, 0.15) is 17.5 Å². The van der Waals surface area contributed by atoms with E-state index in [-0.39, 0.29) is 17.3 Å². The van der Waals surface area contributed by atoms with Gasteiger partial charge in [0.05, 0.1) is 12.7 Å². The molecule has 0 amide bonds. The lowest BCUT2D eigenvalue weighted by Crippen LogP contribution is -2.64. The van der Waals surface area contributed by atoms with Crippen LogP contribution in [0.4, 0.5) is 0 Å². The van der Waals surface area contributed by atoms with Gasteiger partial charge in [-0.1, -0.05) is 39.0 Å². The highest BCUT2D eigenvalue weighted by molar-refractivity contribution is 5.67. The van der Waals surface area contributed by atoms with Gasteiger partial charge < -0.3 is 19.3 Å². The van der Waals surface area contributed by atoms with Crippen LogP contribution in [0.15, 0.2) is 18.2 Å². The van der Waals surface area contributed by atoms with Crippen LogP contribution in [0.25, 0.3) is 6.08 Å². The Morgan fingerprint density at radius 2 is 1.83 bits per heavy atom. The van der Waals surface area contributed by atoms with Crippen molar-refractivity contribution in [2.24, 2.45) is 23.2 Å². The Kier molecular flexibility index (Phi) is 3.82. The van der Waals surface area contributed by atoms with Crippen LogP contribution in [0.1, 0.15) is 64.2 Å². The zero-order valence-electron chi connectivity index (χ0n) is 18.7. The Morgan fingerprint density at radius 1 is 1.10 bits per heavy atom. The second kappa shape index (κ2) is 5.66. The van der Waals surface area contributed by atoms with Crippen molar-refractivity contribution in [2.75, 3.05) is 7.11 Å². The molecule has 2 heterocycles. The molecule has 2 saturated heterocycles. The van der Waals surface area contributed by atoms with E-state index in [1.807, 2.05) is 0 Å². The van der Waals surface area contributed by atoms with E-state index in [4.69, 9.17) is 14.2 Å². The Hall–Kier alpha value is -1.36. The van der Waals surface area contributed by atoms with E-state index in [1.165, 1.54) is 11.1 Å². The van der Waals surface area contributed by atoms with Gasteiger partial charge in [0.2, 0.25) is 0 Å². The number of ether oxygens (including phenoxy) is 3. The fourth-order valence-electron chi connectivity index (χ4n) is 7.03. The Bertz CT molecular complexity index is 904. The highest BCUT2D eigenvalue weighted by Crippen LogP contribution is 2.71. The predicted molar refractivity (Wildman–Crippen MR) is 113 cm³/mol. The Balaban J connectivity index is 1.72. The summed E-state index contributed by atoms with van der Waals surface area (Å²) < 4.78 is 19.4. The van der Waals surface area contributed by atoms with E-state index in [1.54, 1.807) is 7.11 Å². The summed E-state index contributed by atoms with van der Waals surface area (Å²) in [5, 5.41) is 11.4. The predicted octanol–water partition coefficient (Wildman–Crippen LogP) is 4.81. The van der Waals surface area contributed by atoms with Gasteiger partial charge in [-0.3, -0.25) is 0 Å². The summed E-state index contributed by atoms with van der Waals surface area (Å²) in [4.78, 5) is 0. The van der Waals surface area contributed by atoms with E-state index >= 15 is 0 Å². The minimum Gasteiger partial charge on any atom is -0.496 e. The van der Waals surface area contributed by atoms with Gasteiger partial charge in [-0.05, 0) is 62.3 Å². The molecule has 3 fully saturated rings. The summed E-state index contributed by atoms with van der Waals surface area (Å²) >= 11 is 0. The van der Waals surface area contributed by atoms with Crippen molar-refractivity contribution in [2.45, 2.75) is 77.5 Å². The number of aliphatic hydroxyl groups excluding tert-OH is 1. The van der Waals surface area contributed by atoms with Crippen molar-refractivity contribution in [3.8, 4) is 5.75 Å². The smallest absolute Gasteiger partial charge is 0.199 e. The van der Waals surface area contributed by atoms with Gasteiger partial charge in [-0.25, -0.2) is 0 Å². The second-order valence-electron chi connectivity index (χ2n) is 10.5. The van der Waals surface area contributed by atoms with Crippen molar-refractivity contribution in [3.63, 3.8) is 0 Å². The number of hydrogen-bond donors (Lipinski definition) is 1. The lowest BCUT2D eigenvalue weighted by molar-refractivity contribution is -0.382. The van der Waals surface area contributed by atoms with E-state index in [2.05, 4.69) is 65.8 Å². The number of hydrogen-bond acceptors (Lipinski definition) is 4. The zero-order valence-corrected chi connectivity index (χ0v) is 18.7. The summed E-state index contributed by atoms with van der Waals surface area (Å²) in [5.41, 5.74) is 2.49. The molecule has 1 saturated carbocycles. The number of methoxy groups -OCH3 is 1. The lowest BCUT2D eigenvalue weighted by atomic mass is 9.57. The van der Waals surface area contributed by atoms with Gasteiger partial charge in [0.25, 0.3) is 0 Å². The minimum atomic E-state index is -0.972. The molecule has 4 aliphatic rings. The van der Waals surface area contributed by atoms with Gasteiger partial charge in [0, 0.05) is 17.3 Å². The molecule has 0 unspecified atom stereocenters. The topological polar surface area (TPSA) is 47.9 Å². The summed E-state index contributed by atoms with van der Waals surface area (Å²) in [6, 6.07) is 4.23. The molecule has 1 aromatic rings. The van der Waals surface area contributed by atoms with Crippen molar-refractivity contribution < 1.29 is 19.3 Å². The maximum atomic E-state index is 11.4. The molecule has 0 radical (unpaired) electrons. The lowest BCUT2D eigenvalue weighted by Gasteiger charge is -2.59.